The number of aromatic nitrogens is 2. The maximum absolute atomic E-state index is 12.5. The molecule has 0 aliphatic heterocycles. The molecule has 128 valence electrons. The van der Waals surface area contributed by atoms with Gasteiger partial charge in [0.25, 0.3) is 5.91 Å². The third-order valence-corrected chi connectivity index (χ3v) is 4.79. The van der Waals surface area contributed by atoms with Crippen molar-refractivity contribution in [1.82, 2.24) is 9.97 Å². The molecular formula is C19H19N3O2S. The van der Waals surface area contributed by atoms with Gasteiger partial charge in [-0.1, -0.05) is 19.1 Å². The molecule has 0 fully saturated rings. The van der Waals surface area contributed by atoms with Crippen LogP contribution in [0.15, 0.2) is 48.8 Å². The zero-order chi connectivity index (χ0) is 17.6. The number of hydrogen-bond acceptors (Lipinski definition) is 5. The number of pyridine rings is 1. The highest BCUT2D eigenvalue weighted by Crippen LogP contribution is 2.21. The summed E-state index contributed by atoms with van der Waals surface area (Å²) in [5, 5.41) is 3.68. The lowest BCUT2D eigenvalue weighted by atomic mass is 10.1. The van der Waals surface area contributed by atoms with Crippen molar-refractivity contribution < 1.29 is 9.53 Å². The fourth-order valence-corrected chi connectivity index (χ4v) is 3.19. The summed E-state index contributed by atoms with van der Waals surface area (Å²) in [6.45, 7) is 4.25. The smallest absolute Gasteiger partial charge is 0.267 e. The Labute approximate surface area is 150 Å². The van der Waals surface area contributed by atoms with E-state index in [9.17, 15) is 4.79 Å². The summed E-state index contributed by atoms with van der Waals surface area (Å²) >= 11 is 1.35. The average molecular weight is 353 g/mol. The fraction of sp³-hybridized carbons (Fsp3) is 0.211. The first kappa shape index (κ1) is 17.1. The fourth-order valence-electron chi connectivity index (χ4n) is 2.31. The molecule has 2 aromatic heterocycles. The van der Waals surface area contributed by atoms with E-state index in [4.69, 9.17) is 4.74 Å². The van der Waals surface area contributed by atoms with Crippen LogP contribution < -0.4 is 10.1 Å². The molecule has 25 heavy (non-hydrogen) atoms. The molecule has 3 aromatic rings. The van der Waals surface area contributed by atoms with Gasteiger partial charge in [0.2, 0.25) is 0 Å². The number of hydrogen-bond donors (Lipinski definition) is 1. The van der Waals surface area contributed by atoms with Crippen molar-refractivity contribution in [2.75, 3.05) is 5.32 Å². The summed E-state index contributed by atoms with van der Waals surface area (Å²) in [5.41, 5.74) is 2.72. The van der Waals surface area contributed by atoms with Crippen molar-refractivity contribution in [1.29, 1.82) is 0 Å². The van der Waals surface area contributed by atoms with Crippen LogP contribution in [0.2, 0.25) is 0 Å². The lowest BCUT2D eigenvalue weighted by Crippen LogP contribution is -2.11. The second kappa shape index (κ2) is 7.90. The van der Waals surface area contributed by atoms with Crippen LogP contribution in [0.5, 0.6) is 5.75 Å². The number of benzene rings is 1. The second-order valence-electron chi connectivity index (χ2n) is 5.50. The number of rotatable bonds is 6. The van der Waals surface area contributed by atoms with Gasteiger partial charge in [0.05, 0.1) is 11.9 Å². The number of anilines is 1. The van der Waals surface area contributed by atoms with E-state index in [0.717, 1.165) is 17.1 Å². The summed E-state index contributed by atoms with van der Waals surface area (Å²) in [6, 6.07) is 11.5. The van der Waals surface area contributed by atoms with Crippen molar-refractivity contribution in [3.05, 3.63) is 69.9 Å². The Hall–Kier alpha value is -2.73. The number of aryl methyl sites for hydroxylation is 2. The molecule has 6 heteroatoms. The van der Waals surface area contributed by atoms with E-state index in [0.29, 0.717) is 22.9 Å². The SMILES string of the molecule is CCc1ccc(NC(=O)c2sc(COc3cccnc3)nc2C)cc1. The highest BCUT2D eigenvalue weighted by atomic mass is 32.1. The van der Waals surface area contributed by atoms with Crippen LogP contribution >= 0.6 is 11.3 Å². The summed E-state index contributed by atoms with van der Waals surface area (Å²) in [7, 11) is 0. The van der Waals surface area contributed by atoms with Gasteiger partial charge >= 0.3 is 0 Å². The van der Waals surface area contributed by atoms with Gasteiger partial charge in [-0.25, -0.2) is 4.98 Å². The summed E-state index contributed by atoms with van der Waals surface area (Å²) in [6.07, 6.45) is 4.31. The number of nitrogens with one attached hydrogen (secondary N) is 1. The maximum atomic E-state index is 12.5. The van der Waals surface area contributed by atoms with Crippen molar-refractivity contribution in [3.8, 4) is 5.75 Å². The predicted octanol–water partition coefficient (Wildman–Crippen LogP) is 4.24. The number of nitrogens with zero attached hydrogens (tertiary/aromatic N) is 2. The van der Waals surface area contributed by atoms with Crippen LogP contribution in [0.3, 0.4) is 0 Å². The van der Waals surface area contributed by atoms with Gasteiger partial charge in [-0.15, -0.1) is 11.3 Å². The van der Waals surface area contributed by atoms with Crippen molar-refractivity contribution in [2.24, 2.45) is 0 Å². The molecule has 1 amide bonds. The number of carbonyl (C=O) groups is 1. The molecule has 1 aromatic carbocycles. The van der Waals surface area contributed by atoms with Gasteiger partial charge in [0.15, 0.2) is 0 Å². The van der Waals surface area contributed by atoms with Crippen LogP contribution in [0.1, 0.15) is 32.9 Å². The van der Waals surface area contributed by atoms with E-state index in [-0.39, 0.29) is 5.91 Å². The monoisotopic (exact) mass is 353 g/mol. The van der Waals surface area contributed by atoms with Crippen LogP contribution in [0.25, 0.3) is 0 Å². The third-order valence-electron chi connectivity index (χ3n) is 3.66. The van der Waals surface area contributed by atoms with Gasteiger partial charge < -0.3 is 10.1 Å². The lowest BCUT2D eigenvalue weighted by Gasteiger charge is -2.05. The Morgan fingerprint density at radius 3 is 2.72 bits per heavy atom. The minimum atomic E-state index is -0.146. The van der Waals surface area contributed by atoms with Crippen molar-refractivity contribution in [3.63, 3.8) is 0 Å². The standard InChI is InChI=1S/C19H19N3O2S/c1-3-14-6-8-15(9-7-14)22-19(23)18-13(2)21-17(25-18)12-24-16-5-4-10-20-11-16/h4-11H,3,12H2,1-2H3,(H,22,23). The predicted molar refractivity (Wildman–Crippen MR) is 99.2 cm³/mol. The molecule has 2 heterocycles. The molecule has 0 unspecified atom stereocenters. The van der Waals surface area contributed by atoms with E-state index < -0.39 is 0 Å². The summed E-state index contributed by atoms with van der Waals surface area (Å²) in [4.78, 5) is 21.5. The number of carbonyl (C=O) groups excluding carboxylic acids is 1. The van der Waals surface area contributed by atoms with Crippen LogP contribution in [-0.4, -0.2) is 15.9 Å². The number of ether oxygens (including phenoxy) is 1. The lowest BCUT2D eigenvalue weighted by molar-refractivity contribution is 0.103. The molecule has 3 rings (SSSR count). The van der Waals surface area contributed by atoms with Gasteiger partial charge in [-0.05, 0) is 43.2 Å². The van der Waals surface area contributed by atoms with E-state index in [1.807, 2.05) is 43.3 Å². The van der Waals surface area contributed by atoms with E-state index >= 15 is 0 Å². The molecule has 0 saturated heterocycles. The topological polar surface area (TPSA) is 64.1 Å². The molecule has 0 aliphatic rings. The Morgan fingerprint density at radius 2 is 2.04 bits per heavy atom. The Bertz CT molecular complexity index is 845. The van der Waals surface area contributed by atoms with Gasteiger partial charge in [0, 0.05) is 11.9 Å². The van der Waals surface area contributed by atoms with E-state index in [1.165, 1.54) is 16.9 Å². The van der Waals surface area contributed by atoms with Gasteiger partial charge in [-0.2, -0.15) is 0 Å². The minimum Gasteiger partial charge on any atom is -0.485 e. The zero-order valence-corrected chi connectivity index (χ0v) is 15.0. The normalized spacial score (nSPS) is 10.5. The third kappa shape index (κ3) is 4.42. The van der Waals surface area contributed by atoms with E-state index in [1.54, 1.807) is 12.4 Å². The average Bonchev–Trinajstić information content (AvgIpc) is 3.02. The zero-order valence-electron chi connectivity index (χ0n) is 14.2. The Kier molecular flexibility index (Phi) is 5.40. The number of amides is 1. The maximum Gasteiger partial charge on any atom is 0.267 e. The Morgan fingerprint density at radius 1 is 1.24 bits per heavy atom. The summed E-state index contributed by atoms with van der Waals surface area (Å²) in [5.74, 6) is 0.532. The number of thiazole rings is 1. The van der Waals surface area contributed by atoms with Crippen molar-refractivity contribution in [2.45, 2.75) is 26.9 Å². The molecule has 0 atom stereocenters. The highest BCUT2D eigenvalue weighted by Gasteiger charge is 2.16. The first-order valence-corrected chi connectivity index (χ1v) is 8.86. The molecule has 0 radical (unpaired) electrons. The molecule has 0 bridgehead atoms. The van der Waals surface area contributed by atoms with Gasteiger partial charge in [0.1, 0.15) is 22.2 Å². The molecule has 0 saturated carbocycles. The quantitative estimate of drug-likeness (QED) is 0.720. The molecule has 5 nitrogen and oxygen atoms in total. The molecular weight excluding hydrogens is 334 g/mol. The molecule has 1 N–H and O–H groups in total. The first-order valence-electron chi connectivity index (χ1n) is 8.05. The Balaban J connectivity index is 1.65. The van der Waals surface area contributed by atoms with Crippen LogP contribution in [0, 0.1) is 6.92 Å². The van der Waals surface area contributed by atoms with Crippen molar-refractivity contribution >= 4 is 22.9 Å². The highest BCUT2D eigenvalue weighted by molar-refractivity contribution is 7.13. The molecule has 0 aliphatic carbocycles. The minimum absolute atomic E-state index is 0.146. The first-order chi connectivity index (χ1) is 12.2. The van der Waals surface area contributed by atoms with E-state index in [2.05, 4.69) is 22.2 Å². The van der Waals surface area contributed by atoms with Gasteiger partial charge in [-0.3, -0.25) is 9.78 Å². The largest absolute Gasteiger partial charge is 0.485 e. The molecule has 0 spiro atoms. The van der Waals surface area contributed by atoms with Crippen LogP contribution in [-0.2, 0) is 13.0 Å². The van der Waals surface area contributed by atoms with Crippen LogP contribution in [0.4, 0.5) is 5.69 Å². The summed E-state index contributed by atoms with van der Waals surface area (Å²) < 4.78 is 5.64. The second-order valence-corrected chi connectivity index (χ2v) is 6.59.